The van der Waals surface area contributed by atoms with Crippen molar-refractivity contribution in [2.24, 2.45) is 0 Å². The smallest absolute Gasteiger partial charge is 0.269 e. The molecule has 0 unspecified atom stereocenters. The molecule has 0 spiro atoms. The Hall–Kier alpha value is -1.99. The highest BCUT2D eigenvalue weighted by atomic mass is 32.1. The summed E-state index contributed by atoms with van der Waals surface area (Å²) in [6, 6.07) is 7.59. The number of thiazole rings is 1. The quantitative estimate of drug-likeness (QED) is 0.750. The van der Waals surface area contributed by atoms with Crippen molar-refractivity contribution in [2.75, 3.05) is 5.32 Å². The fourth-order valence-corrected chi connectivity index (χ4v) is 2.73. The number of hydrogen-bond acceptors (Lipinski definition) is 5. The molecule has 7 heteroatoms. The fraction of sp³-hybridized carbons (Fsp3) is 0.154. The zero-order valence-electron chi connectivity index (χ0n) is 10.4. The van der Waals surface area contributed by atoms with Gasteiger partial charge in [0, 0.05) is 24.5 Å². The van der Waals surface area contributed by atoms with Gasteiger partial charge >= 0.3 is 0 Å². The number of benzene rings is 1. The van der Waals surface area contributed by atoms with Crippen molar-refractivity contribution in [1.29, 1.82) is 0 Å². The molecule has 0 aliphatic rings. The Kier molecular flexibility index (Phi) is 3.62. The SMILES string of the molecule is O=C(CCn1c(=S)oc2ccccc21)Nc1nccs1. The van der Waals surface area contributed by atoms with Crippen LogP contribution in [0.25, 0.3) is 11.1 Å². The van der Waals surface area contributed by atoms with E-state index >= 15 is 0 Å². The first-order valence-corrected chi connectivity index (χ1v) is 7.30. The average molecular weight is 305 g/mol. The average Bonchev–Trinajstić information content (AvgIpc) is 3.03. The molecule has 2 aromatic heterocycles. The minimum atomic E-state index is -0.0906. The highest BCUT2D eigenvalue weighted by Crippen LogP contribution is 2.17. The molecule has 0 aliphatic carbocycles. The van der Waals surface area contributed by atoms with Crippen LogP contribution in [0.15, 0.2) is 40.3 Å². The zero-order valence-corrected chi connectivity index (χ0v) is 12.0. The van der Waals surface area contributed by atoms with Crippen LogP contribution in [0.2, 0.25) is 0 Å². The van der Waals surface area contributed by atoms with E-state index in [9.17, 15) is 4.79 Å². The second-order valence-corrected chi connectivity index (χ2v) is 5.37. The summed E-state index contributed by atoms with van der Waals surface area (Å²) in [5, 5.41) is 5.16. The van der Waals surface area contributed by atoms with E-state index in [0.717, 1.165) is 11.1 Å². The van der Waals surface area contributed by atoms with E-state index in [0.29, 0.717) is 22.9 Å². The largest absolute Gasteiger partial charge is 0.429 e. The summed E-state index contributed by atoms with van der Waals surface area (Å²) in [6.45, 7) is 0.479. The second-order valence-electron chi connectivity index (χ2n) is 4.12. The van der Waals surface area contributed by atoms with Gasteiger partial charge in [0.1, 0.15) is 0 Å². The van der Waals surface area contributed by atoms with Crippen molar-refractivity contribution in [3.63, 3.8) is 0 Å². The zero-order chi connectivity index (χ0) is 13.9. The van der Waals surface area contributed by atoms with Gasteiger partial charge in [0.2, 0.25) is 5.91 Å². The number of nitrogens with zero attached hydrogens (tertiary/aromatic N) is 2. The Bertz CT molecular complexity index is 789. The fourth-order valence-electron chi connectivity index (χ4n) is 1.91. The van der Waals surface area contributed by atoms with Gasteiger partial charge < -0.3 is 9.73 Å². The van der Waals surface area contributed by atoms with Crippen LogP contribution in [-0.2, 0) is 11.3 Å². The number of aryl methyl sites for hydroxylation is 1. The number of amides is 1. The molecule has 5 nitrogen and oxygen atoms in total. The predicted molar refractivity (Wildman–Crippen MR) is 80.4 cm³/mol. The van der Waals surface area contributed by atoms with Crippen LogP contribution < -0.4 is 5.32 Å². The first-order chi connectivity index (χ1) is 9.74. The van der Waals surface area contributed by atoms with Crippen molar-refractivity contribution in [3.05, 3.63) is 40.7 Å². The van der Waals surface area contributed by atoms with Gasteiger partial charge in [0.05, 0.1) is 5.52 Å². The number of para-hydroxylation sites is 2. The molecule has 3 rings (SSSR count). The van der Waals surface area contributed by atoms with Crippen LogP contribution in [0.5, 0.6) is 0 Å². The summed E-state index contributed by atoms with van der Waals surface area (Å²) in [5.74, 6) is -0.0906. The first kappa shape index (κ1) is 13.0. The summed E-state index contributed by atoms with van der Waals surface area (Å²) in [5.41, 5.74) is 1.64. The Morgan fingerprint density at radius 2 is 2.30 bits per heavy atom. The third-order valence-electron chi connectivity index (χ3n) is 2.81. The van der Waals surface area contributed by atoms with Gasteiger partial charge in [-0.15, -0.1) is 11.3 Å². The van der Waals surface area contributed by atoms with Crippen LogP contribution >= 0.6 is 23.6 Å². The number of anilines is 1. The number of hydrogen-bond donors (Lipinski definition) is 1. The molecular formula is C13H11N3O2S2. The lowest BCUT2D eigenvalue weighted by atomic mass is 10.3. The number of fused-ring (bicyclic) bond motifs is 1. The van der Waals surface area contributed by atoms with E-state index in [1.807, 2.05) is 34.2 Å². The lowest BCUT2D eigenvalue weighted by Gasteiger charge is -2.03. The Morgan fingerprint density at radius 1 is 1.45 bits per heavy atom. The highest BCUT2D eigenvalue weighted by Gasteiger charge is 2.09. The molecule has 1 amide bonds. The minimum absolute atomic E-state index is 0.0906. The number of carbonyl (C=O) groups excluding carboxylic acids is 1. The molecular weight excluding hydrogens is 294 g/mol. The molecule has 0 bridgehead atoms. The number of rotatable bonds is 4. The number of nitrogens with one attached hydrogen (secondary N) is 1. The lowest BCUT2D eigenvalue weighted by molar-refractivity contribution is -0.116. The summed E-state index contributed by atoms with van der Waals surface area (Å²) in [6.07, 6.45) is 1.97. The van der Waals surface area contributed by atoms with E-state index in [4.69, 9.17) is 16.6 Å². The topological polar surface area (TPSA) is 60.1 Å². The second kappa shape index (κ2) is 5.56. The Balaban J connectivity index is 1.72. The van der Waals surface area contributed by atoms with E-state index < -0.39 is 0 Å². The van der Waals surface area contributed by atoms with Crippen LogP contribution in [0.1, 0.15) is 6.42 Å². The Morgan fingerprint density at radius 3 is 3.10 bits per heavy atom. The maximum Gasteiger partial charge on any atom is 0.269 e. The van der Waals surface area contributed by atoms with Gasteiger partial charge in [0.15, 0.2) is 10.7 Å². The van der Waals surface area contributed by atoms with E-state index in [1.54, 1.807) is 6.20 Å². The maximum absolute atomic E-state index is 11.8. The van der Waals surface area contributed by atoms with Gasteiger partial charge in [-0.3, -0.25) is 9.36 Å². The summed E-state index contributed by atoms with van der Waals surface area (Å²) >= 11 is 6.57. The van der Waals surface area contributed by atoms with Crippen LogP contribution in [0.4, 0.5) is 5.13 Å². The van der Waals surface area contributed by atoms with Crippen molar-refractivity contribution in [2.45, 2.75) is 13.0 Å². The molecule has 0 atom stereocenters. The van der Waals surface area contributed by atoms with Gasteiger partial charge in [0.25, 0.3) is 4.84 Å². The maximum atomic E-state index is 11.8. The van der Waals surface area contributed by atoms with Gasteiger partial charge in [-0.25, -0.2) is 4.98 Å². The van der Waals surface area contributed by atoms with Crippen LogP contribution in [-0.4, -0.2) is 15.5 Å². The monoisotopic (exact) mass is 305 g/mol. The Labute approximate surface area is 123 Å². The van der Waals surface area contributed by atoms with Crippen molar-refractivity contribution in [3.8, 4) is 0 Å². The minimum Gasteiger partial charge on any atom is -0.429 e. The van der Waals surface area contributed by atoms with Gasteiger partial charge in [-0.05, 0) is 24.4 Å². The normalized spacial score (nSPS) is 10.8. The molecule has 1 N–H and O–H groups in total. The third-order valence-corrected chi connectivity index (χ3v) is 3.81. The molecule has 0 saturated carbocycles. The summed E-state index contributed by atoms with van der Waals surface area (Å²) in [4.78, 5) is 16.2. The van der Waals surface area contributed by atoms with Crippen LogP contribution in [0.3, 0.4) is 0 Å². The van der Waals surface area contributed by atoms with Crippen molar-refractivity contribution >= 4 is 45.7 Å². The van der Waals surface area contributed by atoms with Gasteiger partial charge in [-0.1, -0.05) is 12.1 Å². The molecule has 0 saturated heterocycles. The molecule has 3 aromatic rings. The standard InChI is InChI=1S/C13H11N3O2S2/c17-11(15-12-14-6-8-20-12)5-7-16-9-3-1-2-4-10(9)18-13(16)19/h1-4,6,8H,5,7H2,(H,14,15,17). The molecule has 0 fully saturated rings. The van der Waals surface area contributed by atoms with E-state index in [-0.39, 0.29) is 5.91 Å². The summed E-state index contributed by atoms with van der Waals surface area (Å²) < 4.78 is 7.30. The highest BCUT2D eigenvalue weighted by molar-refractivity contribution is 7.71. The number of aromatic nitrogens is 2. The first-order valence-electron chi connectivity index (χ1n) is 6.02. The molecule has 1 aromatic carbocycles. The van der Waals surface area contributed by atoms with E-state index in [1.165, 1.54) is 11.3 Å². The molecule has 20 heavy (non-hydrogen) atoms. The molecule has 2 heterocycles. The van der Waals surface area contributed by atoms with E-state index in [2.05, 4.69) is 10.3 Å². The third kappa shape index (κ3) is 2.63. The number of oxazole rings is 1. The molecule has 0 radical (unpaired) electrons. The summed E-state index contributed by atoms with van der Waals surface area (Å²) in [7, 11) is 0. The lowest BCUT2D eigenvalue weighted by Crippen LogP contribution is -2.14. The van der Waals surface area contributed by atoms with Crippen LogP contribution in [0, 0.1) is 4.84 Å². The molecule has 0 aliphatic heterocycles. The van der Waals surface area contributed by atoms with Crippen molar-refractivity contribution in [1.82, 2.24) is 9.55 Å². The predicted octanol–water partition coefficient (Wildman–Crippen LogP) is 3.45. The van der Waals surface area contributed by atoms with Gasteiger partial charge in [-0.2, -0.15) is 0 Å². The molecule has 102 valence electrons. The van der Waals surface area contributed by atoms with Crippen molar-refractivity contribution < 1.29 is 9.21 Å². The number of carbonyl (C=O) groups is 1.